The summed E-state index contributed by atoms with van der Waals surface area (Å²) in [6.07, 6.45) is -2.96. The van der Waals surface area contributed by atoms with Gasteiger partial charge in [0.25, 0.3) is 0 Å². The molecule has 124 valence electrons. The van der Waals surface area contributed by atoms with E-state index in [9.17, 15) is 18.0 Å². The fourth-order valence-electron chi connectivity index (χ4n) is 2.68. The molecule has 0 aromatic carbocycles. The third kappa shape index (κ3) is 2.80. The van der Waals surface area contributed by atoms with Crippen LogP contribution in [0.3, 0.4) is 0 Å². The Labute approximate surface area is 133 Å². The van der Waals surface area contributed by atoms with Crippen LogP contribution in [-0.2, 0) is 6.42 Å². The molecule has 0 aliphatic carbocycles. The van der Waals surface area contributed by atoms with Crippen LogP contribution < -0.4 is 5.32 Å². The van der Waals surface area contributed by atoms with Crippen molar-refractivity contribution < 1.29 is 23.1 Å². The molecule has 1 aliphatic heterocycles. The zero-order chi connectivity index (χ0) is 16.8. The number of halogens is 3. The van der Waals surface area contributed by atoms with E-state index in [1.807, 2.05) is 13.0 Å². The number of hydrogen-bond donors (Lipinski definition) is 2. The first-order valence-corrected chi connectivity index (χ1v) is 7.85. The number of carboxylic acid groups (broad SMARTS) is 1. The second kappa shape index (κ2) is 5.55. The van der Waals surface area contributed by atoms with Crippen LogP contribution >= 0.6 is 11.3 Å². The summed E-state index contributed by atoms with van der Waals surface area (Å²) >= 11 is 1.44. The second-order valence-electron chi connectivity index (χ2n) is 5.30. The molecule has 0 saturated carbocycles. The number of rotatable bonds is 3. The van der Waals surface area contributed by atoms with E-state index in [0.29, 0.717) is 0 Å². The van der Waals surface area contributed by atoms with Crippen LogP contribution in [0.1, 0.15) is 45.5 Å². The van der Waals surface area contributed by atoms with E-state index in [4.69, 9.17) is 5.11 Å². The van der Waals surface area contributed by atoms with Crippen molar-refractivity contribution in [2.75, 3.05) is 5.32 Å². The van der Waals surface area contributed by atoms with Crippen molar-refractivity contribution in [3.8, 4) is 0 Å². The molecule has 0 fully saturated rings. The van der Waals surface area contributed by atoms with Crippen LogP contribution in [-0.4, -0.2) is 27.0 Å². The Morgan fingerprint density at radius 1 is 1.52 bits per heavy atom. The third-order valence-corrected chi connectivity index (χ3v) is 5.19. The Morgan fingerprint density at radius 2 is 2.26 bits per heavy atom. The van der Waals surface area contributed by atoms with Crippen molar-refractivity contribution >= 4 is 23.1 Å². The second-order valence-corrected chi connectivity index (χ2v) is 6.50. The number of aryl methyl sites for hydroxylation is 1. The summed E-state index contributed by atoms with van der Waals surface area (Å²) in [5, 5.41) is 15.7. The predicted molar refractivity (Wildman–Crippen MR) is 79.0 cm³/mol. The molecule has 3 heterocycles. The van der Waals surface area contributed by atoms with Gasteiger partial charge in [0.05, 0.1) is 12.2 Å². The number of aromatic carboxylic acids is 1. The monoisotopic (exact) mass is 345 g/mol. The van der Waals surface area contributed by atoms with Gasteiger partial charge in [-0.2, -0.15) is 18.3 Å². The lowest BCUT2D eigenvalue weighted by Crippen LogP contribution is -2.35. The van der Waals surface area contributed by atoms with Crippen LogP contribution in [0, 0.1) is 0 Å². The van der Waals surface area contributed by atoms with Gasteiger partial charge in [-0.25, -0.2) is 9.48 Å². The maximum atomic E-state index is 13.4. The highest BCUT2D eigenvalue weighted by atomic mass is 32.1. The number of fused-ring (bicyclic) bond motifs is 1. The largest absolute Gasteiger partial charge is 0.477 e. The van der Waals surface area contributed by atoms with Crippen molar-refractivity contribution in [2.24, 2.45) is 0 Å². The van der Waals surface area contributed by atoms with Gasteiger partial charge in [0, 0.05) is 16.2 Å². The Morgan fingerprint density at radius 3 is 2.83 bits per heavy atom. The predicted octanol–water partition coefficient (Wildman–Crippen LogP) is 3.87. The lowest BCUT2D eigenvalue weighted by atomic mass is 10.0. The van der Waals surface area contributed by atoms with Crippen molar-refractivity contribution in [1.82, 2.24) is 9.78 Å². The minimum Gasteiger partial charge on any atom is -0.477 e. The molecular formula is C14H14F3N3O2S. The van der Waals surface area contributed by atoms with Gasteiger partial charge in [0.2, 0.25) is 0 Å². The smallest absolute Gasteiger partial charge is 0.410 e. The molecule has 0 spiro atoms. The van der Waals surface area contributed by atoms with Gasteiger partial charge in [-0.1, -0.05) is 6.92 Å². The molecule has 2 N–H and O–H groups in total. The molecule has 0 unspecified atom stereocenters. The van der Waals surface area contributed by atoms with Gasteiger partial charge < -0.3 is 10.4 Å². The van der Waals surface area contributed by atoms with E-state index in [0.717, 1.165) is 27.1 Å². The summed E-state index contributed by atoms with van der Waals surface area (Å²) in [4.78, 5) is 13.0. The molecule has 5 nitrogen and oxygen atoms in total. The van der Waals surface area contributed by atoms with Crippen molar-refractivity contribution in [2.45, 2.75) is 38.0 Å². The first kappa shape index (κ1) is 15.9. The normalized spacial score (nSPS) is 20.9. The minimum absolute atomic E-state index is 0.0949. The van der Waals surface area contributed by atoms with Crippen LogP contribution in [0.5, 0.6) is 0 Å². The molecule has 9 heteroatoms. The fourth-order valence-corrected chi connectivity index (χ4v) is 3.69. The number of nitrogens with one attached hydrogen (secondary N) is 1. The zero-order valence-corrected chi connectivity index (χ0v) is 12.9. The number of anilines is 1. The molecule has 0 bridgehead atoms. The summed E-state index contributed by atoms with van der Waals surface area (Å²) in [5.74, 6) is -1.40. The molecule has 2 atom stereocenters. The molecule has 2 aromatic heterocycles. The van der Waals surface area contributed by atoms with E-state index in [1.165, 1.54) is 11.3 Å². The van der Waals surface area contributed by atoms with E-state index in [1.54, 1.807) is 6.07 Å². The molecule has 0 saturated heterocycles. The molecular weight excluding hydrogens is 331 g/mol. The van der Waals surface area contributed by atoms with E-state index in [-0.39, 0.29) is 17.8 Å². The zero-order valence-electron chi connectivity index (χ0n) is 12.1. The molecule has 2 aromatic rings. The third-order valence-electron chi connectivity index (χ3n) is 3.84. The van der Waals surface area contributed by atoms with Gasteiger partial charge >= 0.3 is 12.1 Å². The van der Waals surface area contributed by atoms with Crippen molar-refractivity contribution in [3.63, 3.8) is 0 Å². The Hall–Kier alpha value is -2.03. The highest BCUT2D eigenvalue weighted by Gasteiger charge is 2.47. The minimum atomic E-state index is -4.50. The number of alkyl halides is 3. The molecule has 1 aliphatic rings. The van der Waals surface area contributed by atoms with Gasteiger partial charge in [-0.3, -0.25) is 0 Å². The number of nitrogens with zero attached hydrogens (tertiary/aromatic N) is 2. The van der Waals surface area contributed by atoms with E-state index in [2.05, 4.69) is 10.4 Å². The average Bonchev–Trinajstić information content (AvgIpc) is 3.11. The summed E-state index contributed by atoms with van der Waals surface area (Å²) in [6.45, 7) is 1.97. The first-order chi connectivity index (χ1) is 10.8. The maximum Gasteiger partial charge on any atom is 0.410 e. The molecule has 0 radical (unpaired) electrons. The van der Waals surface area contributed by atoms with E-state index >= 15 is 0 Å². The highest BCUT2D eigenvalue weighted by Crippen LogP contribution is 2.45. The van der Waals surface area contributed by atoms with Gasteiger partial charge in [0.1, 0.15) is 11.4 Å². The number of thiophene rings is 1. The average molecular weight is 345 g/mol. The lowest BCUT2D eigenvalue weighted by Gasteiger charge is -2.33. The SMILES string of the molecule is CCc1ccc([C@@H]2C[C@H](C(F)(F)F)n3ncc(C(=O)O)c3N2)s1. The Bertz CT molecular complexity index is 738. The molecule has 3 rings (SSSR count). The topological polar surface area (TPSA) is 67.2 Å². The number of carboxylic acids is 1. The van der Waals surface area contributed by atoms with Crippen molar-refractivity contribution in [1.29, 1.82) is 0 Å². The quantitative estimate of drug-likeness (QED) is 0.886. The fraction of sp³-hybridized carbons (Fsp3) is 0.429. The first-order valence-electron chi connectivity index (χ1n) is 7.04. The van der Waals surface area contributed by atoms with E-state index < -0.39 is 24.2 Å². The Balaban J connectivity index is 2.03. The van der Waals surface area contributed by atoms with Crippen LogP contribution in [0.4, 0.5) is 19.0 Å². The lowest BCUT2D eigenvalue weighted by molar-refractivity contribution is -0.173. The number of hydrogen-bond acceptors (Lipinski definition) is 4. The maximum absolute atomic E-state index is 13.4. The van der Waals surface area contributed by atoms with Gasteiger partial charge in [0.15, 0.2) is 6.04 Å². The standard InChI is InChI=1S/C14H14F3N3O2S/c1-2-7-3-4-10(23-7)9-5-11(14(15,16)17)20-12(19-9)8(6-18-20)13(21)22/h3-4,6,9,11,19H,2,5H2,1H3,(H,21,22)/t9-,11+/m0/s1. The molecule has 0 amide bonds. The van der Waals surface area contributed by atoms with Gasteiger partial charge in [-0.15, -0.1) is 11.3 Å². The van der Waals surface area contributed by atoms with Gasteiger partial charge in [-0.05, 0) is 18.6 Å². The number of carbonyl (C=O) groups is 1. The van der Waals surface area contributed by atoms with Crippen LogP contribution in [0.2, 0.25) is 0 Å². The Kier molecular flexibility index (Phi) is 3.83. The van der Waals surface area contributed by atoms with Crippen LogP contribution in [0.25, 0.3) is 0 Å². The highest BCUT2D eigenvalue weighted by molar-refractivity contribution is 7.12. The van der Waals surface area contributed by atoms with Crippen molar-refractivity contribution in [3.05, 3.63) is 33.6 Å². The number of aromatic nitrogens is 2. The summed E-state index contributed by atoms with van der Waals surface area (Å²) in [5.41, 5.74) is -0.253. The van der Waals surface area contributed by atoms with Crippen LogP contribution in [0.15, 0.2) is 18.3 Å². The summed E-state index contributed by atoms with van der Waals surface area (Å²) in [7, 11) is 0. The summed E-state index contributed by atoms with van der Waals surface area (Å²) < 4.78 is 40.8. The summed E-state index contributed by atoms with van der Waals surface area (Å²) in [6, 6.07) is 1.24. The molecule has 23 heavy (non-hydrogen) atoms.